The topological polar surface area (TPSA) is 91.2 Å². The quantitative estimate of drug-likeness (QED) is 0.897. The molecule has 1 amide bonds. The van der Waals surface area contributed by atoms with Gasteiger partial charge in [-0.25, -0.2) is 9.78 Å². The molecule has 0 radical (unpaired) electrons. The van der Waals surface area contributed by atoms with E-state index >= 15 is 0 Å². The van der Waals surface area contributed by atoms with Crippen molar-refractivity contribution < 1.29 is 9.53 Å². The Kier molecular flexibility index (Phi) is 3.73. The number of nitrogens with two attached hydrogens (primary N) is 2. The maximum atomic E-state index is 10.8. The highest BCUT2D eigenvalue weighted by Gasteiger charge is 2.24. The molecule has 0 saturated carbocycles. The van der Waals surface area contributed by atoms with E-state index in [0.29, 0.717) is 13.0 Å². The van der Waals surface area contributed by atoms with E-state index in [2.05, 4.69) is 4.98 Å². The number of benzene rings is 1. The molecule has 102 valence electrons. The Balaban J connectivity index is 2.24. The smallest absolute Gasteiger partial charge is 0.405 e. The minimum absolute atomic E-state index is 0.513. The highest BCUT2D eigenvalue weighted by atomic mass is 32.1. The van der Waals surface area contributed by atoms with Gasteiger partial charge in [0.15, 0.2) is 0 Å². The van der Waals surface area contributed by atoms with Gasteiger partial charge in [-0.3, -0.25) is 0 Å². The normalized spacial score (nSPS) is 11.7. The van der Waals surface area contributed by atoms with Gasteiger partial charge in [0.1, 0.15) is 5.60 Å². The Morgan fingerprint density at radius 1 is 1.47 bits per heavy atom. The minimum atomic E-state index is -0.767. The Labute approximate surface area is 115 Å². The Morgan fingerprint density at radius 2 is 2.21 bits per heavy atom. The summed E-state index contributed by atoms with van der Waals surface area (Å²) >= 11 is 1.58. The first-order valence-electron chi connectivity index (χ1n) is 5.96. The molecule has 1 heterocycles. The zero-order chi connectivity index (χ0) is 14.0. The molecule has 6 heteroatoms. The first kappa shape index (κ1) is 13.8. The molecule has 0 spiro atoms. The number of rotatable bonds is 4. The van der Waals surface area contributed by atoms with Crippen LogP contribution in [0.3, 0.4) is 0 Å². The zero-order valence-corrected chi connectivity index (χ0v) is 11.8. The predicted octanol–water partition coefficient (Wildman–Crippen LogP) is 2.17. The van der Waals surface area contributed by atoms with E-state index in [0.717, 1.165) is 20.8 Å². The van der Waals surface area contributed by atoms with Gasteiger partial charge < -0.3 is 16.2 Å². The largest absolute Gasteiger partial charge is 0.443 e. The number of amides is 1. The Bertz CT molecular complexity index is 607. The van der Waals surface area contributed by atoms with Crippen LogP contribution in [0, 0.1) is 0 Å². The maximum absolute atomic E-state index is 10.8. The lowest BCUT2D eigenvalue weighted by atomic mass is 10.1. The molecule has 0 fully saturated rings. The molecule has 0 saturated heterocycles. The number of hydrogen-bond donors (Lipinski definition) is 2. The van der Waals surface area contributed by atoms with Crippen molar-refractivity contribution in [2.75, 3.05) is 0 Å². The molecule has 0 aliphatic carbocycles. The van der Waals surface area contributed by atoms with Crippen LogP contribution in [0.25, 0.3) is 10.2 Å². The van der Waals surface area contributed by atoms with E-state index in [1.165, 1.54) is 0 Å². The number of aromatic nitrogens is 1. The number of carbonyl (C=O) groups excluding carboxylic acids is 1. The minimum Gasteiger partial charge on any atom is -0.443 e. The van der Waals surface area contributed by atoms with Crippen LogP contribution in [0.15, 0.2) is 18.2 Å². The van der Waals surface area contributed by atoms with Crippen molar-refractivity contribution >= 4 is 27.6 Å². The number of thiazole rings is 1. The number of hydrogen-bond acceptors (Lipinski definition) is 5. The highest BCUT2D eigenvalue weighted by molar-refractivity contribution is 7.18. The molecule has 4 N–H and O–H groups in total. The lowest BCUT2D eigenvalue weighted by Gasteiger charge is -2.22. The summed E-state index contributed by atoms with van der Waals surface area (Å²) in [5, 5.41) is 0.912. The van der Waals surface area contributed by atoms with Crippen molar-refractivity contribution in [2.45, 2.75) is 32.4 Å². The van der Waals surface area contributed by atoms with E-state index in [1.54, 1.807) is 11.3 Å². The fraction of sp³-hybridized carbons (Fsp3) is 0.385. The van der Waals surface area contributed by atoms with Crippen LogP contribution >= 0.6 is 11.3 Å². The van der Waals surface area contributed by atoms with Gasteiger partial charge in [0.2, 0.25) is 0 Å². The number of ether oxygens (including phenoxy) is 1. The lowest BCUT2D eigenvalue weighted by Crippen LogP contribution is -2.33. The molecule has 0 atom stereocenters. The third-order valence-corrected chi connectivity index (χ3v) is 3.70. The Morgan fingerprint density at radius 3 is 2.84 bits per heavy atom. The highest BCUT2D eigenvalue weighted by Crippen LogP contribution is 2.27. The molecular weight excluding hydrogens is 262 g/mol. The Hall–Kier alpha value is -1.66. The van der Waals surface area contributed by atoms with Crippen molar-refractivity contribution in [2.24, 2.45) is 11.5 Å². The first-order chi connectivity index (χ1) is 8.89. The standard InChI is InChI=1S/C13H17N3O2S/c1-13(2,18-12(15)17)6-11-16-9-4-3-8(7-14)5-10(9)19-11/h3-5H,6-7,14H2,1-2H3,(H2,15,17). The van der Waals surface area contributed by atoms with Gasteiger partial charge in [-0.15, -0.1) is 11.3 Å². The van der Waals surface area contributed by atoms with E-state index in [9.17, 15) is 4.79 Å². The van der Waals surface area contributed by atoms with Crippen LogP contribution in [0.5, 0.6) is 0 Å². The SMILES string of the molecule is CC(C)(Cc1nc2ccc(CN)cc2s1)OC(N)=O. The molecule has 5 nitrogen and oxygen atoms in total. The third-order valence-electron chi connectivity index (χ3n) is 2.69. The van der Waals surface area contributed by atoms with Crippen LogP contribution in [0.1, 0.15) is 24.4 Å². The summed E-state index contributed by atoms with van der Waals surface area (Å²) in [4.78, 5) is 15.4. The van der Waals surface area contributed by atoms with E-state index in [-0.39, 0.29) is 0 Å². The van der Waals surface area contributed by atoms with Gasteiger partial charge in [0.25, 0.3) is 0 Å². The fourth-order valence-electron chi connectivity index (χ4n) is 1.89. The number of fused-ring (bicyclic) bond motifs is 1. The summed E-state index contributed by atoms with van der Waals surface area (Å²) in [5.41, 5.74) is 12.0. The summed E-state index contributed by atoms with van der Waals surface area (Å²) in [6, 6.07) is 5.97. The van der Waals surface area contributed by atoms with Gasteiger partial charge in [0.05, 0.1) is 15.2 Å². The van der Waals surface area contributed by atoms with Gasteiger partial charge >= 0.3 is 6.09 Å². The zero-order valence-electron chi connectivity index (χ0n) is 11.0. The average molecular weight is 279 g/mol. The van der Waals surface area contributed by atoms with Gasteiger partial charge in [0, 0.05) is 13.0 Å². The van der Waals surface area contributed by atoms with E-state index in [4.69, 9.17) is 16.2 Å². The fourth-order valence-corrected chi connectivity index (χ4v) is 3.14. The molecule has 0 bridgehead atoms. The molecular formula is C13H17N3O2S. The molecule has 0 aliphatic heterocycles. The lowest BCUT2D eigenvalue weighted by molar-refractivity contribution is 0.0460. The second-order valence-electron chi connectivity index (χ2n) is 4.97. The second kappa shape index (κ2) is 5.14. The van der Waals surface area contributed by atoms with Crippen molar-refractivity contribution in [1.82, 2.24) is 4.98 Å². The summed E-state index contributed by atoms with van der Waals surface area (Å²) in [5.74, 6) is 0. The third kappa shape index (κ3) is 3.42. The number of nitrogens with zero attached hydrogens (tertiary/aromatic N) is 1. The average Bonchev–Trinajstić information content (AvgIpc) is 2.66. The molecule has 0 aliphatic rings. The maximum Gasteiger partial charge on any atom is 0.405 e. The number of primary amides is 1. The second-order valence-corrected chi connectivity index (χ2v) is 6.09. The van der Waals surface area contributed by atoms with Gasteiger partial charge in [-0.2, -0.15) is 0 Å². The molecule has 1 aromatic carbocycles. The first-order valence-corrected chi connectivity index (χ1v) is 6.78. The molecule has 19 heavy (non-hydrogen) atoms. The molecule has 2 aromatic rings. The summed E-state index contributed by atoms with van der Waals surface area (Å²) < 4.78 is 6.16. The van der Waals surface area contributed by atoms with Crippen molar-refractivity contribution in [3.05, 3.63) is 28.8 Å². The van der Waals surface area contributed by atoms with E-state index in [1.807, 2.05) is 32.0 Å². The summed E-state index contributed by atoms with van der Waals surface area (Å²) in [7, 11) is 0. The van der Waals surface area contributed by atoms with Crippen LogP contribution in [0.4, 0.5) is 4.79 Å². The van der Waals surface area contributed by atoms with Crippen LogP contribution < -0.4 is 11.5 Å². The van der Waals surface area contributed by atoms with Gasteiger partial charge in [-0.1, -0.05) is 6.07 Å². The van der Waals surface area contributed by atoms with Crippen LogP contribution in [0.2, 0.25) is 0 Å². The monoisotopic (exact) mass is 279 g/mol. The van der Waals surface area contributed by atoms with Crippen molar-refractivity contribution in [1.29, 1.82) is 0 Å². The van der Waals surface area contributed by atoms with E-state index < -0.39 is 11.7 Å². The van der Waals surface area contributed by atoms with Crippen molar-refractivity contribution in [3.63, 3.8) is 0 Å². The molecule has 0 unspecified atom stereocenters. The van der Waals surface area contributed by atoms with Crippen molar-refractivity contribution in [3.8, 4) is 0 Å². The summed E-state index contributed by atoms with van der Waals surface area (Å²) in [6.07, 6.45) is -0.232. The predicted molar refractivity (Wildman–Crippen MR) is 76.0 cm³/mol. The van der Waals surface area contributed by atoms with Crippen LogP contribution in [-0.2, 0) is 17.7 Å². The summed E-state index contributed by atoms with van der Waals surface area (Å²) in [6.45, 7) is 4.14. The van der Waals surface area contributed by atoms with Gasteiger partial charge in [-0.05, 0) is 31.5 Å². The number of carbonyl (C=O) groups is 1. The molecule has 2 rings (SSSR count). The van der Waals surface area contributed by atoms with Crippen LogP contribution in [-0.4, -0.2) is 16.7 Å². The molecule has 1 aromatic heterocycles.